The second kappa shape index (κ2) is 8.88. The molecule has 0 aliphatic rings. The van der Waals surface area contributed by atoms with Crippen molar-refractivity contribution in [2.45, 2.75) is 13.3 Å². The molecule has 1 aromatic heterocycles. The Balaban J connectivity index is 2.17. The summed E-state index contributed by atoms with van der Waals surface area (Å²) < 4.78 is 5.08. The molecule has 126 valence electrons. The first-order chi connectivity index (χ1) is 11.6. The van der Waals surface area contributed by atoms with Crippen molar-refractivity contribution in [3.8, 4) is 5.75 Å². The lowest BCUT2D eigenvalue weighted by atomic mass is 10.2. The fourth-order valence-electron chi connectivity index (χ4n) is 1.94. The minimum absolute atomic E-state index is 0.228. The van der Waals surface area contributed by atoms with Gasteiger partial charge < -0.3 is 15.4 Å². The summed E-state index contributed by atoms with van der Waals surface area (Å²) in [7, 11) is 1.56. The fraction of sp³-hybridized carbons (Fsp3) is 0.222. The van der Waals surface area contributed by atoms with E-state index in [4.69, 9.17) is 4.74 Å². The van der Waals surface area contributed by atoms with Crippen LogP contribution in [0.15, 0.2) is 47.5 Å². The Labute approximate surface area is 145 Å². The van der Waals surface area contributed by atoms with E-state index in [1.54, 1.807) is 37.5 Å². The summed E-state index contributed by atoms with van der Waals surface area (Å²) in [5.74, 6) is 0.0285. The van der Waals surface area contributed by atoms with Crippen LogP contribution in [0.25, 0.3) is 6.08 Å². The summed E-state index contributed by atoms with van der Waals surface area (Å²) in [6, 6.07) is 10.5. The first kappa shape index (κ1) is 17.7. The van der Waals surface area contributed by atoms with Gasteiger partial charge in [0.25, 0.3) is 11.8 Å². The number of methoxy groups -OCH3 is 1. The van der Waals surface area contributed by atoms with Gasteiger partial charge in [-0.25, -0.2) is 0 Å². The van der Waals surface area contributed by atoms with Crippen LogP contribution >= 0.6 is 11.3 Å². The van der Waals surface area contributed by atoms with Gasteiger partial charge in [-0.1, -0.05) is 13.0 Å². The molecule has 0 bridgehead atoms. The first-order valence-corrected chi connectivity index (χ1v) is 8.50. The van der Waals surface area contributed by atoms with E-state index in [1.807, 2.05) is 24.4 Å². The molecule has 24 heavy (non-hydrogen) atoms. The third kappa shape index (κ3) is 4.96. The largest absolute Gasteiger partial charge is 0.497 e. The molecule has 0 saturated heterocycles. The molecule has 2 amide bonds. The van der Waals surface area contributed by atoms with Crippen LogP contribution in [-0.2, 0) is 4.79 Å². The van der Waals surface area contributed by atoms with Gasteiger partial charge in [0.05, 0.1) is 7.11 Å². The van der Waals surface area contributed by atoms with Crippen molar-refractivity contribution in [3.63, 3.8) is 0 Å². The van der Waals surface area contributed by atoms with Gasteiger partial charge in [-0.3, -0.25) is 9.59 Å². The molecule has 2 rings (SSSR count). The van der Waals surface area contributed by atoms with E-state index < -0.39 is 0 Å². The predicted molar refractivity (Wildman–Crippen MR) is 96.1 cm³/mol. The zero-order valence-corrected chi connectivity index (χ0v) is 14.5. The highest BCUT2D eigenvalue weighted by molar-refractivity contribution is 7.10. The SMILES string of the molecule is CCCNC(=O)/C(=C/c1cccs1)NC(=O)c1ccc(OC)cc1. The summed E-state index contributed by atoms with van der Waals surface area (Å²) in [6.07, 6.45) is 2.50. The van der Waals surface area contributed by atoms with E-state index in [2.05, 4.69) is 10.6 Å². The van der Waals surface area contributed by atoms with Crippen molar-refractivity contribution in [2.75, 3.05) is 13.7 Å². The summed E-state index contributed by atoms with van der Waals surface area (Å²) in [5.41, 5.74) is 0.683. The number of hydrogen-bond acceptors (Lipinski definition) is 4. The third-order valence-corrected chi connectivity index (χ3v) is 4.03. The standard InChI is InChI=1S/C18H20N2O3S/c1-3-10-19-18(22)16(12-15-5-4-11-24-15)20-17(21)13-6-8-14(23-2)9-7-13/h4-9,11-12H,3,10H2,1-2H3,(H,19,22)(H,20,21)/b16-12-. The van der Waals surface area contributed by atoms with Crippen LogP contribution < -0.4 is 15.4 Å². The molecule has 2 N–H and O–H groups in total. The maximum absolute atomic E-state index is 12.4. The van der Waals surface area contributed by atoms with Crippen molar-refractivity contribution in [3.05, 3.63) is 57.9 Å². The monoisotopic (exact) mass is 344 g/mol. The zero-order valence-electron chi connectivity index (χ0n) is 13.7. The Kier molecular flexibility index (Phi) is 6.57. The number of carbonyl (C=O) groups is 2. The molecule has 0 fully saturated rings. The normalized spacial score (nSPS) is 11.0. The highest BCUT2D eigenvalue weighted by atomic mass is 32.1. The van der Waals surface area contributed by atoms with Gasteiger partial charge in [0, 0.05) is 17.0 Å². The van der Waals surface area contributed by atoms with Crippen LogP contribution in [0.4, 0.5) is 0 Å². The van der Waals surface area contributed by atoms with Gasteiger partial charge >= 0.3 is 0 Å². The topological polar surface area (TPSA) is 67.4 Å². The molecular weight excluding hydrogens is 324 g/mol. The van der Waals surface area contributed by atoms with Gasteiger partial charge in [-0.2, -0.15) is 0 Å². The fourth-order valence-corrected chi connectivity index (χ4v) is 2.60. The Hall–Kier alpha value is -2.60. The highest BCUT2D eigenvalue weighted by Gasteiger charge is 2.14. The predicted octanol–water partition coefficient (Wildman–Crippen LogP) is 3.05. The maximum Gasteiger partial charge on any atom is 0.267 e. The van der Waals surface area contributed by atoms with Crippen LogP contribution in [0.5, 0.6) is 5.75 Å². The Morgan fingerprint density at radius 2 is 1.96 bits per heavy atom. The molecule has 2 aromatic rings. The number of nitrogens with one attached hydrogen (secondary N) is 2. The van der Waals surface area contributed by atoms with Gasteiger partial charge in [0.2, 0.25) is 0 Å². The van der Waals surface area contributed by atoms with E-state index in [1.165, 1.54) is 11.3 Å². The van der Waals surface area contributed by atoms with Crippen molar-refractivity contribution in [1.29, 1.82) is 0 Å². The van der Waals surface area contributed by atoms with E-state index >= 15 is 0 Å². The van der Waals surface area contributed by atoms with Crippen molar-refractivity contribution < 1.29 is 14.3 Å². The maximum atomic E-state index is 12.4. The first-order valence-electron chi connectivity index (χ1n) is 7.63. The molecule has 1 aromatic carbocycles. The van der Waals surface area contributed by atoms with E-state index in [0.29, 0.717) is 17.9 Å². The van der Waals surface area contributed by atoms with Gasteiger partial charge in [0.1, 0.15) is 11.4 Å². The molecule has 6 heteroatoms. The number of carbonyl (C=O) groups excluding carboxylic acids is 2. The van der Waals surface area contributed by atoms with Crippen molar-refractivity contribution >= 4 is 29.2 Å². The average Bonchev–Trinajstić information content (AvgIpc) is 3.12. The summed E-state index contributed by atoms with van der Waals surface area (Å²) >= 11 is 1.50. The Bertz CT molecular complexity index is 706. The lowest BCUT2D eigenvalue weighted by Gasteiger charge is -2.10. The summed E-state index contributed by atoms with van der Waals surface area (Å²) in [6.45, 7) is 2.53. The number of rotatable bonds is 7. The lowest BCUT2D eigenvalue weighted by molar-refractivity contribution is -0.117. The van der Waals surface area contributed by atoms with Crippen LogP contribution in [0.3, 0.4) is 0 Å². The molecule has 0 unspecified atom stereocenters. The highest BCUT2D eigenvalue weighted by Crippen LogP contribution is 2.14. The van der Waals surface area contributed by atoms with Crippen LogP contribution in [0.1, 0.15) is 28.6 Å². The molecule has 0 aliphatic heterocycles. The second-order valence-electron chi connectivity index (χ2n) is 5.01. The Morgan fingerprint density at radius 3 is 2.54 bits per heavy atom. The molecule has 5 nitrogen and oxygen atoms in total. The third-order valence-electron chi connectivity index (χ3n) is 3.21. The summed E-state index contributed by atoms with van der Waals surface area (Å²) in [5, 5.41) is 7.39. The minimum Gasteiger partial charge on any atom is -0.497 e. The zero-order chi connectivity index (χ0) is 17.4. The smallest absolute Gasteiger partial charge is 0.267 e. The Morgan fingerprint density at radius 1 is 1.21 bits per heavy atom. The average molecular weight is 344 g/mol. The molecule has 0 spiro atoms. The quantitative estimate of drug-likeness (QED) is 0.759. The summed E-state index contributed by atoms with van der Waals surface area (Å²) in [4.78, 5) is 25.6. The molecular formula is C18H20N2O3S. The number of hydrogen-bond donors (Lipinski definition) is 2. The van der Waals surface area contributed by atoms with Crippen LogP contribution in [-0.4, -0.2) is 25.5 Å². The minimum atomic E-state index is -0.341. The van der Waals surface area contributed by atoms with Crippen LogP contribution in [0, 0.1) is 0 Å². The number of amides is 2. The number of ether oxygens (including phenoxy) is 1. The second-order valence-corrected chi connectivity index (χ2v) is 5.99. The number of benzene rings is 1. The molecule has 1 heterocycles. The van der Waals surface area contributed by atoms with Gasteiger partial charge in [0.15, 0.2) is 0 Å². The van der Waals surface area contributed by atoms with Crippen molar-refractivity contribution in [2.24, 2.45) is 0 Å². The molecule has 0 saturated carbocycles. The van der Waals surface area contributed by atoms with E-state index in [0.717, 1.165) is 11.3 Å². The van der Waals surface area contributed by atoms with Crippen LogP contribution in [0.2, 0.25) is 0 Å². The molecule has 0 aliphatic carbocycles. The lowest BCUT2D eigenvalue weighted by Crippen LogP contribution is -2.35. The van der Waals surface area contributed by atoms with E-state index in [9.17, 15) is 9.59 Å². The number of thiophene rings is 1. The molecule has 0 atom stereocenters. The van der Waals surface area contributed by atoms with Gasteiger partial charge in [-0.15, -0.1) is 11.3 Å². The van der Waals surface area contributed by atoms with Crippen molar-refractivity contribution in [1.82, 2.24) is 10.6 Å². The molecule has 0 radical (unpaired) electrons. The van der Waals surface area contributed by atoms with E-state index in [-0.39, 0.29) is 17.5 Å². The van der Waals surface area contributed by atoms with Gasteiger partial charge in [-0.05, 0) is 48.2 Å².